The Kier molecular flexibility index (Phi) is 4.53. The summed E-state index contributed by atoms with van der Waals surface area (Å²) in [7, 11) is 0. The molecule has 1 heterocycles. The maximum absolute atomic E-state index is 6.17. The molecule has 0 atom stereocenters. The molecule has 0 saturated heterocycles. The molecule has 1 aromatic rings. The molecule has 132 valence electrons. The van der Waals surface area contributed by atoms with Crippen molar-refractivity contribution in [1.82, 2.24) is 0 Å². The monoisotopic (exact) mass is 328 g/mol. The highest BCUT2D eigenvalue weighted by molar-refractivity contribution is 5.64. The second kappa shape index (κ2) is 6.20. The molecule has 0 radical (unpaired) electrons. The zero-order valence-corrected chi connectivity index (χ0v) is 16.4. The average Bonchev–Trinajstić information content (AvgIpc) is 2.88. The molecule has 0 N–H and O–H groups in total. The molecule has 1 aromatic carbocycles. The standard InChI is InChI=1S/C22H34NO/c1-21(2,3)17-12-18(22(4,5)6)20-19(13-17)23(15-24-20)14-16-10-8-7-9-11-16/h12-14,16H,7-11,15H2,1-6H3/q+1/b23-14-. The molecule has 0 bridgehead atoms. The maximum Gasteiger partial charge on any atom is 0.292 e. The highest BCUT2D eigenvalue weighted by Gasteiger charge is 2.35. The van der Waals surface area contributed by atoms with Crippen LogP contribution in [-0.2, 0) is 10.8 Å². The summed E-state index contributed by atoms with van der Waals surface area (Å²) in [5.74, 6) is 1.81. The summed E-state index contributed by atoms with van der Waals surface area (Å²) in [5, 5.41) is 0. The van der Waals surface area contributed by atoms with Crippen LogP contribution in [0.4, 0.5) is 5.69 Å². The number of ether oxygens (including phenoxy) is 1. The minimum Gasteiger partial charge on any atom is -0.429 e. The first kappa shape index (κ1) is 17.5. The summed E-state index contributed by atoms with van der Waals surface area (Å²) in [4.78, 5) is 0. The van der Waals surface area contributed by atoms with E-state index in [2.05, 4.69) is 64.5 Å². The first-order valence-electron chi connectivity index (χ1n) is 9.60. The van der Waals surface area contributed by atoms with E-state index >= 15 is 0 Å². The van der Waals surface area contributed by atoms with Crippen LogP contribution in [0.15, 0.2) is 12.1 Å². The van der Waals surface area contributed by atoms with E-state index in [-0.39, 0.29) is 10.8 Å². The number of rotatable bonds is 1. The highest BCUT2D eigenvalue weighted by atomic mass is 16.5. The fourth-order valence-corrected chi connectivity index (χ4v) is 3.83. The van der Waals surface area contributed by atoms with Gasteiger partial charge >= 0.3 is 0 Å². The van der Waals surface area contributed by atoms with Gasteiger partial charge in [0, 0.05) is 17.5 Å². The van der Waals surface area contributed by atoms with E-state index in [4.69, 9.17) is 4.74 Å². The lowest BCUT2D eigenvalue weighted by Crippen LogP contribution is -2.17. The minimum absolute atomic E-state index is 0.0895. The van der Waals surface area contributed by atoms with Gasteiger partial charge in [-0.1, -0.05) is 66.9 Å². The predicted molar refractivity (Wildman–Crippen MR) is 102 cm³/mol. The van der Waals surface area contributed by atoms with Gasteiger partial charge in [-0.3, -0.25) is 0 Å². The van der Waals surface area contributed by atoms with Crippen LogP contribution in [0.25, 0.3) is 0 Å². The number of benzene rings is 1. The molecule has 2 aliphatic rings. The number of fused-ring (bicyclic) bond motifs is 1. The topological polar surface area (TPSA) is 12.2 Å². The summed E-state index contributed by atoms with van der Waals surface area (Å²) >= 11 is 0. The van der Waals surface area contributed by atoms with E-state index in [0.717, 1.165) is 5.75 Å². The molecular formula is C22H34NO+. The van der Waals surface area contributed by atoms with E-state index in [9.17, 15) is 0 Å². The fraction of sp³-hybridized carbons (Fsp3) is 0.682. The summed E-state index contributed by atoms with van der Waals surface area (Å²) in [6.07, 6.45) is 9.26. The Hall–Kier alpha value is -1.31. The van der Waals surface area contributed by atoms with Gasteiger partial charge < -0.3 is 4.74 Å². The summed E-state index contributed by atoms with van der Waals surface area (Å²) in [6, 6.07) is 4.72. The summed E-state index contributed by atoms with van der Waals surface area (Å²) in [5.41, 5.74) is 4.25. The van der Waals surface area contributed by atoms with Crippen LogP contribution in [0.2, 0.25) is 0 Å². The lowest BCUT2D eigenvalue weighted by atomic mass is 9.79. The molecule has 24 heavy (non-hydrogen) atoms. The Morgan fingerprint density at radius 1 is 0.958 bits per heavy atom. The Morgan fingerprint density at radius 2 is 1.62 bits per heavy atom. The highest BCUT2D eigenvalue weighted by Crippen LogP contribution is 2.44. The van der Waals surface area contributed by atoms with Gasteiger partial charge in [-0.2, -0.15) is 4.58 Å². The van der Waals surface area contributed by atoms with Crippen LogP contribution in [0.1, 0.15) is 84.8 Å². The molecule has 2 heteroatoms. The molecule has 3 rings (SSSR count). The average molecular weight is 329 g/mol. The van der Waals surface area contributed by atoms with Crippen LogP contribution in [0.5, 0.6) is 5.75 Å². The predicted octanol–water partition coefficient (Wildman–Crippen LogP) is 5.93. The maximum atomic E-state index is 6.17. The summed E-state index contributed by atoms with van der Waals surface area (Å²) in [6.45, 7) is 14.4. The van der Waals surface area contributed by atoms with Gasteiger partial charge in [0.2, 0.25) is 5.75 Å². The first-order chi connectivity index (χ1) is 11.2. The van der Waals surface area contributed by atoms with Crippen molar-refractivity contribution in [3.8, 4) is 5.75 Å². The summed E-state index contributed by atoms with van der Waals surface area (Å²) < 4.78 is 8.54. The molecule has 0 unspecified atom stereocenters. The van der Waals surface area contributed by atoms with E-state index in [1.807, 2.05) is 0 Å². The molecular weight excluding hydrogens is 294 g/mol. The lowest BCUT2D eigenvalue weighted by Gasteiger charge is -2.25. The molecule has 0 amide bonds. The molecule has 0 aromatic heterocycles. The van der Waals surface area contributed by atoms with Crippen molar-refractivity contribution < 1.29 is 9.31 Å². The number of hydrogen-bond acceptors (Lipinski definition) is 1. The van der Waals surface area contributed by atoms with E-state index < -0.39 is 0 Å². The Morgan fingerprint density at radius 3 is 2.21 bits per heavy atom. The van der Waals surface area contributed by atoms with Crippen molar-refractivity contribution in [1.29, 1.82) is 0 Å². The molecule has 0 spiro atoms. The van der Waals surface area contributed by atoms with Gasteiger partial charge in [-0.25, -0.2) is 0 Å². The van der Waals surface area contributed by atoms with Gasteiger partial charge in [0.05, 0.1) is 0 Å². The van der Waals surface area contributed by atoms with Gasteiger partial charge in [-0.05, 0) is 29.2 Å². The zero-order valence-electron chi connectivity index (χ0n) is 16.4. The smallest absolute Gasteiger partial charge is 0.292 e. The lowest BCUT2D eigenvalue weighted by molar-refractivity contribution is -0.455. The number of hydrogen-bond donors (Lipinski definition) is 0. The van der Waals surface area contributed by atoms with Crippen molar-refractivity contribution >= 4 is 11.9 Å². The van der Waals surface area contributed by atoms with Crippen molar-refractivity contribution in [3.63, 3.8) is 0 Å². The Bertz CT molecular complexity index is 637. The van der Waals surface area contributed by atoms with Crippen LogP contribution in [0, 0.1) is 5.92 Å². The van der Waals surface area contributed by atoms with Crippen LogP contribution >= 0.6 is 0 Å². The van der Waals surface area contributed by atoms with Crippen molar-refractivity contribution in [2.75, 3.05) is 6.73 Å². The van der Waals surface area contributed by atoms with Gasteiger partial charge in [0.25, 0.3) is 12.4 Å². The van der Waals surface area contributed by atoms with E-state index in [1.165, 1.54) is 48.9 Å². The third-order valence-corrected chi connectivity index (χ3v) is 5.44. The van der Waals surface area contributed by atoms with Crippen molar-refractivity contribution in [3.05, 3.63) is 23.3 Å². The van der Waals surface area contributed by atoms with Crippen LogP contribution in [0.3, 0.4) is 0 Å². The van der Waals surface area contributed by atoms with Gasteiger partial charge in [0.1, 0.15) is 0 Å². The molecule has 1 aliphatic heterocycles. The molecule has 1 fully saturated rings. The van der Waals surface area contributed by atoms with Gasteiger partial charge in [0.15, 0.2) is 6.21 Å². The van der Waals surface area contributed by atoms with Crippen molar-refractivity contribution in [2.45, 2.75) is 84.5 Å². The van der Waals surface area contributed by atoms with Crippen LogP contribution < -0.4 is 4.74 Å². The first-order valence-corrected chi connectivity index (χ1v) is 9.60. The third-order valence-electron chi connectivity index (χ3n) is 5.44. The Balaban J connectivity index is 2.07. The minimum atomic E-state index is 0.0895. The molecule has 1 saturated carbocycles. The zero-order chi connectivity index (χ0) is 17.5. The molecule has 1 aliphatic carbocycles. The van der Waals surface area contributed by atoms with Crippen LogP contribution in [-0.4, -0.2) is 17.5 Å². The van der Waals surface area contributed by atoms with Gasteiger partial charge in [-0.15, -0.1) is 0 Å². The SMILES string of the molecule is CC(C)(C)c1cc2c(c(C(C)(C)C)c1)OC/[N+]2=C/C1CCCCC1. The van der Waals surface area contributed by atoms with Crippen molar-refractivity contribution in [2.24, 2.45) is 5.92 Å². The quantitative estimate of drug-likeness (QED) is 0.582. The second-order valence-electron chi connectivity index (χ2n) is 9.66. The molecule has 2 nitrogen and oxygen atoms in total. The fourth-order valence-electron chi connectivity index (χ4n) is 3.83. The largest absolute Gasteiger partial charge is 0.429 e. The Labute approximate surface area is 147 Å². The third kappa shape index (κ3) is 3.53. The number of nitrogens with zero attached hydrogens (tertiary/aromatic N) is 1. The van der Waals surface area contributed by atoms with E-state index in [1.54, 1.807) is 0 Å². The normalized spacial score (nSPS) is 21.0. The van der Waals surface area contributed by atoms with E-state index in [0.29, 0.717) is 12.6 Å². The second-order valence-corrected chi connectivity index (χ2v) is 9.66.